The molecule has 1 aliphatic carbocycles. The van der Waals surface area contributed by atoms with Crippen molar-refractivity contribution in [2.45, 2.75) is 25.7 Å². The first-order valence-corrected chi connectivity index (χ1v) is 7.83. The first kappa shape index (κ1) is 16.0. The van der Waals surface area contributed by atoms with Gasteiger partial charge >= 0.3 is 0 Å². The van der Waals surface area contributed by atoms with Gasteiger partial charge in [0.1, 0.15) is 17.3 Å². The number of ether oxygens (including phenoxy) is 1. The Morgan fingerprint density at radius 1 is 1.33 bits per heavy atom. The molecule has 3 rings (SSSR count). The summed E-state index contributed by atoms with van der Waals surface area (Å²) in [5.74, 6) is 1.95. The van der Waals surface area contributed by atoms with Crippen molar-refractivity contribution in [1.29, 1.82) is 0 Å². The van der Waals surface area contributed by atoms with E-state index in [0.717, 1.165) is 18.5 Å². The lowest BCUT2D eigenvalue weighted by molar-refractivity contribution is -0.384. The fourth-order valence-corrected chi connectivity index (χ4v) is 2.39. The Hall–Kier alpha value is -2.90. The van der Waals surface area contributed by atoms with E-state index in [1.165, 1.54) is 13.2 Å². The van der Waals surface area contributed by atoms with Crippen molar-refractivity contribution in [3.05, 3.63) is 40.1 Å². The zero-order valence-electron chi connectivity index (χ0n) is 13.6. The molecule has 1 saturated carbocycles. The highest BCUT2D eigenvalue weighted by Crippen LogP contribution is 2.40. The third-order valence-electron chi connectivity index (χ3n) is 3.74. The molecule has 1 aromatic carbocycles. The third kappa shape index (κ3) is 3.53. The van der Waals surface area contributed by atoms with Crippen molar-refractivity contribution in [3.63, 3.8) is 0 Å². The van der Waals surface area contributed by atoms with Crippen molar-refractivity contribution in [2.24, 2.45) is 0 Å². The fourth-order valence-electron chi connectivity index (χ4n) is 2.39. The number of anilines is 3. The van der Waals surface area contributed by atoms with Crippen molar-refractivity contribution in [2.75, 3.05) is 24.3 Å². The predicted octanol–water partition coefficient (Wildman–Crippen LogP) is 3.45. The lowest BCUT2D eigenvalue weighted by Crippen LogP contribution is -2.07. The summed E-state index contributed by atoms with van der Waals surface area (Å²) in [6.07, 6.45) is 2.23. The Labute approximate surface area is 139 Å². The molecule has 1 aromatic heterocycles. The van der Waals surface area contributed by atoms with Gasteiger partial charge in [0.05, 0.1) is 23.8 Å². The van der Waals surface area contributed by atoms with E-state index in [1.54, 1.807) is 12.1 Å². The van der Waals surface area contributed by atoms with Gasteiger partial charge in [0.25, 0.3) is 5.69 Å². The van der Waals surface area contributed by atoms with Gasteiger partial charge in [-0.3, -0.25) is 10.1 Å². The van der Waals surface area contributed by atoms with Gasteiger partial charge in [-0.2, -0.15) is 4.98 Å². The molecule has 0 unspecified atom stereocenters. The van der Waals surface area contributed by atoms with Crippen LogP contribution in [0.25, 0.3) is 0 Å². The number of methoxy groups -OCH3 is 1. The smallest absolute Gasteiger partial charge is 0.296 e. The minimum Gasteiger partial charge on any atom is -0.496 e. The second-order valence-electron chi connectivity index (χ2n) is 5.57. The SMILES string of the molecule is CCNc1nc(Nc2ccc(OC)cc2[N+](=O)[O-])cc(C2CC2)n1. The van der Waals surface area contributed by atoms with Crippen LogP contribution in [0.15, 0.2) is 24.3 Å². The van der Waals surface area contributed by atoms with Gasteiger partial charge in [-0.15, -0.1) is 0 Å². The minimum absolute atomic E-state index is 0.0639. The summed E-state index contributed by atoms with van der Waals surface area (Å²) < 4.78 is 5.05. The van der Waals surface area contributed by atoms with Crippen LogP contribution in [0.4, 0.5) is 23.1 Å². The normalized spacial score (nSPS) is 13.4. The molecular formula is C16H19N5O3. The van der Waals surface area contributed by atoms with E-state index in [2.05, 4.69) is 20.6 Å². The number of hydrogen-bond donors (Lipinski definition) is 2. The molecule has 0 bridgehead atoms. The van der Waals surface area contributed by atoms with Crippen LogP contribution in [0.2, 0.25) is 0 Å². The van der Waals surface area contributed by atoms with Crippen molar-refractivity contribution in [1.82, 2.24) is 9.97 Å². The van der Waals surface area contributed by atoms with Crippen LogP contribution in [0.1, 0.15) is 31.4 Å². The van der Waals surface area contributed by atoms with Gasteiger partial charge in [0.15, 0.2) is 0 Å². The van der Waals surface area contributed by atoms with Gasteiger partial charge in [-0.1, -0.05) is 0 Å². The Bertz CT molecular complexity index is 761. The molecule has 0 spiro atoms. The number of benzene rings is 1. The van der Waals surface area contributed by atoms with Crippen LogP contribution < -0.4 is 15.4 Å². The van der Waals surface area contributed by atoms with E-state index in [4.69, 9.17) is 4.74 Å². The van der Waals surface area contributed by atoms with Crippen molar-refractivity contribution in [3.8, 4) is 5.75 Å². The maximum atomic E-state index is 11.3. The summed E-state index contributed by atoms with van der Waals surface area (Å²) in [6.45, 7) is 2.67. The molecule has 0 saturated heterocycles. The highest BCUT2D eigenvalue weighted by atomic mass is 16.6. The summed E-state index contributed by atoms with van der Waals surface area (Å²) >= 11 is 0. The van der Waals surface area contributed by atoms with Crippen molar-refractivity contribution >= 4 is 23.1 Å². The Balaban J connectivity index is 1.94. The minimum atomic E-state index is -0.445. The molecule has 0 amide bonds. The van der Waals surface area contributed by atoms with Crippen LogP contribution >= 0.6 is 0 Å². The highest BCUT2D eigenvalue weighted by molar-refractivity contribution is 5.70. The van der Waals surface area contributed by atoms with Crippen LogP contribution in [0, 0.1) is 10.1 Å². The highest BCUT2D eigenvalue weighted by Gasteiger charge is 2.26. The monoisotopic (exact) mass is 329 g/mol. The van der Waals surface area contributed by atoms with Gasteiger partial charge < -0.3 is 15.4 Å². The molecule has 24 heavy (non-hydrogen) atoms. The maximum absolute atomic E-state index is 11.3. The number of aromatic nitrogens is 2. The average molecular weight is 329 g/mol. The van der Waals surface area contributed by atoms with Crippen molar-refractivity contribution < 1.29 is 9.66 Å². The molecule has 0 atom stereocenters. The first-order chi connectivity index (χ1) is 11.6. The van der Waals surface area contributed by atoms with Crippen LogP contribution in [0.3, 0.4) is 0 Å². The summed E-state index contributed by atoms with van der Waals surface area (Å²) in [5.41, 5.74) is 1.26. The van der Waals surface area contributed by atoms with Crippen LogP contribution in [-0.4, -0.2) is 28.5 Å². The lowest BCUT2D eigenvalue weighted by atomic mass is 10.2. The van der Waals surface area contributed by atoms with Gasteiger partial charge in [-0.25, -0.2) is 4.98 Å². The summed E-state index contributed by atoms with van der Waals surface area (Å²) in [5, 5.41) is 17.4. The average Bonchev–Trinajstić information content (AvgIpc) is 3.40. The number of nitro groups is 1. The molecule has 8 nitrogen and oxygen atoms in total. The number of nitrogens with one attached hydrogen (secondary N) is 2. The van der Waals surface area contributed by atoms with Crippen LogP contribution in [0.5, 0.6) is 5.75 Å². The third-order valence-corrected chi connectivity index (χ3v) is 3.74. The van der Waals surface area contributed by atoms with Gasteiger partial charge in [-0.05, 0) is 31.9 Å². The lowest BCUT2D eigenvalue weighted by Gasteiger charge is -2.11. The molecule has 126 valence electrons. The zero-order valence-corrected chi connectivity index (χ0v) is 13.6. The molecule has 1 fully saturated rings. The number of nitrogens with zero attached hydrogens (tertiary/aromatic N) is 3. The molecule has 2 N–H and O–H groups in total. The van der Waals surface area contributed by atoms with E-state index < -0.39 is 4.92 Å². The second-order valence-corrected chi connectivity index (χ2v) is 5.57. The number of nitro benzene ring substituents is 1. The molecular weight excluding hydrogens is 310 g/mol. The largest absolute Gasteiger partial charge is 0.496 e. The van der Waals surface area contributed by atoms with Crippen LogP contribution in [-0.2, 0) is 0 Å². The molecule has 1 aliphatic rings. The van der Waals surface area contributed by atoms with E-state index >= 15 is 0 Å². The number of rotatable bonds is 7. The first-order valence-electron chi connectivity index (χ1n) is 7.83. The topological polar surface area (TPSA) is 102 Å². The second kappa shape index (κ2) is 6.69. The molecule has 1 heterocycles. The molecule has 0 aliphatic heterocycles. The zero-order chi connectivity index (χ0) is 17.1. The summed E-state index contributed by atoms with van der Waals surface area (Å²) in [6, 6.07) is 6.52. The Kier molecular flexibility index (Phi) is 4.45. The maximum Gasteiger partial charge on any atom is 0.296 e. The summed E-state index contributed by atoms with van der Waals surface area (Å²) in [7, 11) is 1.47. The van der Waals surface area contributed by atoms with E-state index in [0.29, 0.717) is 35.7 Å². The quantitative estimate of drug-likeness (QED) is 0.592. The number of hydrogen-bond acceptors (Lipinski definition) is 7. The Morgan fingerprint density at radius 3 is 2.75 bits per heavy atom. The Morgan fingerprint density at radius 2 is 2.12 bits per heavy atom. The molecule has 0 radical (unpaired) electrons. The fraction of sp³-hybridized carbons (Fsp3) is 0.375. The summed E-state index contributed by atoms with van der Waals surface area (Å²) in [4.78, 5) is 19.7. The predicted molar refractivity (Wildman–Crippen MR) is 91.1 cm³/mol. The van der Waals surface area contributed by atoms with E-state index in [9.17, 15) is 10.1 Å². The molecule has 2 aromatic rings. The molecule has 8 heteroatoms. The van der Waals surface area contributed by atoms with Gasteiger partial charge in [0, 0.05) is 18.5 Å². The van der Waals surface area contributed by atoms with E-state index in [-0.39, 0.29) is 5.69 Å². The van der Waals surface area contributed by atoms with Gasteiger partial charge in [0.2, 0.25) is 5.95 Å². The van der Waals surface area contributed by atoms with E-state index in [1.807, 2.05) is 13.0 Å². The standard InChI is InChI=1S/C16H19N5O3/c1-3-17-16-19-13(10-4-5-10)9-15(20-16)18-12-7-6-11(24-2)8-14(12)21(22)23/h6-10H,3-5H2,1-2H3,(H2,17,18,19,20).